The Kier molecular flexibility index (Phi) is 3.14. The van der Waals surface area contributed by atoms with Crippen LogP contribution < -0.4 is 4.74 Å². The number of benzene rings is 1. The van der Waals surface area contributed by atoms with Crippen molar-refractivity contribution in [2.75, 3.05) is 7.11 Å². The van der Waals surface area contributed by atoms with E-state index in [2.05, 4.69) is 4.98 Å². The lowest BCUT2D eigenvalue weighted by Gasteiger charge is -2.05. The van der Waals surface area contributed by atoms with Crippen LogP contribution in [0.4, 0.5) is 4.39 Å². The number of methoxy groups -OCH3 is 1. The number of pyridine rings is 1. The van der Waals surface area contributed by atoms with Gasteiger partial charge >= 0.3 is 0 Å². The highest BCUT2D eigenvalue weighted by Gasteiger charge is 2.04. The van der Waals surface area contributed by atoms with Crippen LogP contribution in [0, 0.1) is 5.82 Å². The van der Waals surface area contributed by atoms with Gasteiger partial charge in [-0.15, -0.1) is 0 Å². The number of aromatic nitrogens is 1. The van der Waals surface area contributed by atoms with Crippen molar-refractivity contribution in [3.63, 3.8) is 0 Å². The predicted molar refractivity (Wildman–Crippen MR) is 61.6 cm³/mol. The van der Waals surface area contributed by atoms with E-state index < -0.39 is 5.82 Å². The van der Waals surface area contributed by atoms with Gasteiger partial charge in [0, 0.05) is 29.6 Å². The van der Waals surface area contributed by atoms with Crippen LogP contribution in [-0.4, -0.2) is 18.4 Å². The zero-order valence-electron chi connectivity index (χ0n) is 9.18. The topological polar surface area (TPSA) is 39.2 Å². The third kappa shape index (κ3) is 2.47. The lowest BCUT2D eigenvalue weighted by Crippen LogP contribution is -1.89. The first-order valence-electron chi connectivity index (χ1n) is 4.98. The molecule has 2 rings (SSSR count). The van der Waals surface area contributed by atoms with Crippen LogP contribution in [-0.2, 0) is 0 Å². The number of halogens is 1. The standard InChI is InChI=1S/C13H10FNO2/c1-17-13-4-10(3-12(14)5-13)11-2-9(8-16)6-15-7-11/h2-8H,1H3. The zero-order chi connectivity index (χ0) is 12.3. The number of hydrogen-bond donors (Lipinski definition) is 0. The Morgan fingerprint density at radius 1 is 1.18 bits per heavy atom. The van der Waals surface area contributed by atoms with E-state index in [0.29, 0.717) is 28.7 Å². The Morgan fingerprint density at radius 3 is 2.71 bits per heavy atom. The molecule has 0 atom stereocenters. The SMILES string of the molecule is COc1cc(F)cc(-c2cncc(C=O)c2)c1. The molecule has 4 heteroatoms. The van der Waals surface area contributed by atoms with Gasteiger partial charge in [0.15, 0.2) is 6.29 Å². The third-order valence-corrected chi connectivity index (χ3v) is 2.34. The molecule has 0 amide bonds. The summed E-state index contributed by atoms with van der Waals surface area (Å²) in [5.74, 6) is 0.0346. The highest BCUT2D eigenvalue weighted by atomic mass is 19.1. The highest BCUT2D eigenvalue weighted by molar-refractivity contribution is 5.78. The number of hydrogen-bond acceptors (Lipinski definition) is 3. The Labute approximate surface area is 97.9 Å². The minimum Gasteiger partial charge on any atom is -0.497 e. The van der Waals surface area contributed by atoms with E-state index in [4.69, 9.17) is 4.74 Å². The minimum absolute atomic E-state index is 0.393. The summed E-state index contributed by atoms with van der Waals surface area (Å²) in [5, 5.41) is 0. The molecule has 17 heavy (non-hydrogen) atoms. The number of nitrogens with zero attached hydrogens (tertiary/aromatic N) is 1. The van der Waals surface area contributed by atoms with Gasteiger partial charge in [-0.2, -0.15) is 0 Å². The molecule has 0 bridgehead atoms. The molecule has 0 aliphatic carbocycles. The molecule has 0 unspecified atom stereocenters. The van der Waals surface area contributed by atoms with Crippen LogP contribution in [0.1, 0.15) is 10.4 Å². The van der Waals surface area contributed by atoms with Crippen LogP contribution in [0.5, 0.6) is 5.75 Å². The molecule has 0 spiro atoms. The van der Waals surface area contributed by atoms with E-state index in [1.165, 1.54) is 25.4 Å². The summed E-state index contributed by atoms with van der Waals surface area (Å²) in [7, 11) is 1.47. The average molecular weight is 231 g/mol. The van der Waals surface area contributed by atoms with Gasteiger partial charge < -0.3 is 4.74 Å². The monoisotopic (exact) mass is 231 g/mol. The second-order valence-electron chi connectivity index (χ2n) is 3.50. The van der Waals surface area contributed by atoms with Crippen molar-refractivity contribution in [1.82, 2.24) is 4.98 Å². The van der Waals surface area contributed by atoms with Crippen molar-refractivity contribution < 1.29 is 13.9 Å². The molecular weight excluding hydrogens is 221 g/mol. The lowest BCUT2D eigenvalue weighted by atomic mass is 10.1. The largest absolute Gasteiger partial charge is 0.497 e. The first-order chi connectivity index (χ1) is 8.22. The maximum atomic E-state index is 13.3. The van der Waals surface area contributed by atoms with Crippen molar-refractivity contribution in [1.29, 1.82) is 0 Å². The number of carbonyl (C=O) groups excluding carboxylic acids is 1. The van der Waals surface area contributed by atoms with Gasteiger partial charge in [0.25, 0.3) is 0 Å². The van der Waals surface area contributed by atoms with Crippen molar-refractivity contribution in [2.45, 2.75) is 0 Å². The van der Waals surface area contributed by atoms with Gasteiger partial charge in [-0.25, -0.2) is 4.39 Å². The summed E-state index contributed by atoms with van der Waals surface area (Å²) >= 11 is 0. The summed E-state index contributed by atoms with van der Waals surface area (Å²) in [6, 6.07) is 6.00. The molecule has 86 valence electrons. The smallest absolute Gasteiger partial charge is 0.151 e. The fourth-order valence-electron chi connectivity index (χ4n) is 1.53. The summed E-state index contributed by atoms with van der Waals surface area (Å²) in [6.07, 6.45) is 3.72. The molecule has 0 saturated carbocycles. The van der Waals surface area contributed by atoms with E-state index in [1.807, 2.05) is 0 Å². The number of carbonyl (C=O) groups is 1. The fourth-order valence-corrected chi connectivity index (χ4v) is 1.53. The normalized spacial score (nSPS) is 10.0. The number of ether oxygens (including phenoxy) is 1. The van der Waals surface area contributed by atoms with Crippen LogP contribution in [0.3, 0.4) is 0 Å². The van der Waals surface area contributed by atoms with Gasteiger partial charge in [0.2, 0.25) is 0 Å². The van der Waals surface area contributed by atoms with Crippen molar-refractivity contribution in [3.8, 4) is 16.9 Å². The molecule has 3 nitrogen and oxygen atoms in total. The summed E-state index contributed by atoms with van der Waals surface area (Å²) in [5.41, 5.74) is 1.75. The molecule has 0 radical (unpaired) electrons. The van der Waals surface area contributed by atoms with Crippen molar-refractivity contribution >= 4 is 6.29 Å². The molecule has 0 N–H and O–H groups in total. The van der Waals surface area contributed by atoms with E-state index in [9.17, 15) is 9.18 Å². The molecule has 0 aliphatic rings. The van der Waals surface area contributed by atoms with E-state index in [-0.39, 0.29) is 0 Å². The molecular formula is C13H10FNO2. The average Bonchev–Trinajstić information content (AvgIpc) is 2.38. The second kappa shape index (κ2) is 4.74. The van der Waals surface area contributed by atoms with Gasteiger partial charge in [-0.3, -0.25) is 9.78 Å². The maximum absolute atomic E-state index is 13.3. The molecule has 2 aromatic rings. The molecule has 1 aromatic carbocycles. The second-order valence-corrected chi connectivity index (χ2v) is 3.50. The van der Waals surface area contributed by atoms with Crippen LogP contribution >= 0.6 is 0 Å². The maximum Gasteiger partial charge on any atom is 0.151 e. The molecule has 0 saturated heterocycles. The Hall–Kier alpha value is -2.23. The first kappa shape index (κ1) is 11.3. The Morgan fingerprint density at radius 2 is 2.00 bits per heavy atom. The van der Waals surface area contributed by atoms with Crippen LogP contribution in [0.15, 0.2) is 36.7 Å². The predicted octanol–water partition coefficient (Wildman–Crippen LogP) is 2.71. The van der Waals surface area contributed by atoms with Crippen molar-refractivity contribution in [3.05, 3.63) is 48.0 Å². The Bertz CT molecular complexity index is 555. The van der Waals surface area contributed by atoms with E-state index >= 15 is 0 Å². The number of rotatable bonds is 3. The number of aldehydes is 1. The third-order valence-electron chi connectivity index (χ3n) is 2.34. The molecule has 1 aromatic heterocycles. The van der Waals surface area contributed by atoms with Gasteiger partial charge in [0.1, 0.15) is 11.6 Å². The highest BCUT2D eigenvalue weighted by Crippen LogP contribution is 2.25. The minimum atomic E-state index is -0.393. The molecule has 0 fully saturated rings. The lowest BCUT2D eigenvalue weighted by molar-refractivity contribution is 0.112. The van der Waals surface area contributed by atoms with Gasteiger partial charge in [-0.1, -0.05) is 0 Å². The van der Waals surface area contributed by atoms with Crippen LogP contribution in [0.2, 0.25) is 0 Å². The van der Waals surface area contributed by atoms with E-state index in [1.54, 1.807) is 18.3 Å². The van der Waals surface area contributed by atoms with Crippen molar-refractivity contribution in [2.24, 2.45) is 0 Å². The first-order valence-corrected chi connectivity index (χ1v) is 4.98. The summed E-state index contributed by atoms with van der Waals surface area (Å²) in [6.45, 7) is 0. The van der Waals surface area contributed by atoms with Crippen LogP contribution in [0.25, 0.3) is 11.1 Å². The summed E-state index contributed by atoms with van der Waals surface area (Å²) < 4.78 is 18.3. The zero-order valence-corrected chi connectivity index (χ0v) is 9.18. The quantitative estimate of drug-likeness (QED) is 0.762. The van der Waals surface area contributed by atoms with Gasteiger partial charge in [0.05, 0.1) is 7.11 Å². The fraction of sp³-hybridized carbons (Fsp3) is 0.0769. The molecule has 0 aliphatic heterocycles. The molecule has 1 heterocycles. The summed E-state index contributed by atoms with van der Waals surface area (Å²) in [4.78, 5) is 14.6. The Balaban J connectivity index is 2.51. The van der Waals surface area contributed by atoms with E-state index in [0.717, 1.165) is 0 Å². The van der Waals surface area contributed by atoms with Gasteiger partial charge in [-0.05, 0) is 23.8 Å².